The van der Waals surface area contributed by atoms with E-state index >= 15 is 0 Å². The number of hydrogen-bond acceptors (Lipinski definition) is 3. The summed E-state index contributed by atoms with van der Waals surface area (Å²) in [6.07, 6.45) is 1.60. The third-order valence-electron chi connectivity index (χ3n) is 4.42. The number of carbonyl (C=O) groups excluding carboxylic acids is 1. The van der Waals surface area contributed by atoms with Gasteiger partial charge in [0.1, 0.15) is 11.5 Å². The molecule has 3 rings (SSSR count). The number of H-pyrrole nitrogens is 1. The maximum absolute atomic E-state index is 13.4. The summed E-state index contributed by atoms with van der Waals surface area (Å²) in [5.41, 5.74) is 14.4. The Hall–Kier alpha value is -2.41. The molecule has 0 aliphatic carbocycles. The summed E-state index contributed by atoms with van der Waals surface area (Å²) in [7, 11) is 0. The molecule has 1 aromatic heterocycles. The number of rotatable bonds is 7. The van der Waals surface area contributed by atoms with Crippen molar-refractivity contribution in [3.05, 3.63) is 59.0 Å². The lowest BCUT2D eigenvalue weighted by molar-refractivity contribution is 0.0946. The molecule has 0 saturated carbocycles. The largest absolute Gasteiger partial charge is 0.351 e. The number of benzene rings is 2. The van der Waals surface area contributed by atoms with Crippen LogP contribution in [0.15, 0.2) is 42.5 Å². The molecule has 1 amide bonds. The summed E-state index contributed by atoms with van der Waals surface area (Å²) in [5.74, 6) is -0.661. The fraction of sp³-hybridized carbons (Fsp3) is 0.250. The third kappa shape index (κ3) is 4.66. The van der Waals surface area contributed by atoms with Crippen molar-refractivity contribution >= 4 is 28.4 Å². The van der Waals surface area contributed by atoms with Crippen LogP contribution < -0.4 is 16.8 Å². The highest BCUT2D eigenvalue weighted by atomic mass is 35.5. The second kappa shape index (κ2) is 8.52. The predicted molar refractivity (Wildman–Crippen MR) is 107 cm³/mol. The Kier molecular flexibility index (Phi) is 6.11. The number of halogens is 2. The fourth-order valence-corrected chi connectivity index (χ4v) is 3.09. The SMILES string of the molecule is NCCCC(N)CNC(=O)c1cc2ccc(-c3ccc(F)c(Cl)c3)cc2[nH]1. The molecular formula is C20H22ClFN4O. The number of amides is 1. The second-order valence-electron chi connectivity index (χ2n) is 6.51. The molecule has 0 aliphatic rings. The van der Waals surface area contributed by atoms with Crippen molar-refractivity contribution in [3.63, 3.8) is 0 Å². The number of nitrogens with one attached hydrogen (secondary N) is 2. The van der Waals surface area contributed by atoms with Gasteiger partial charge in [-0.15, -0.1) is 0 Å². The van der Waals surface area contributed by atoms with Crippen molar-refractivity contribution in [2.45, 2.75) is 18.9 Å². The van der Waals surface area contributed by atoms with Crippen molar-refractivity contribution in [3.8, 4) is 11.1 Å². The monoisotopic (exact) mass is 388 g/mol. The first-order chi connectivity index (χ1) is 13.0. The van der Waals surface area contributed by atoms with Crippen LogP contribution >= 0.6 is 11.6 Å². The molecule has 0 spiro atoms. The molecule has 7 heteroatoms. The van der Waals surface area contributed by atoms with Crippen LogP contribution in [0.4, 0.5) is 4.39 Å². The van der Waals surface area contributed by atoms with Gasteiger partial charge < -0.3 is 21.8 Å². The molecule has 1 heterocycles. The summed E-state index contributed by atoms with van der Waals surface area (Å²) in [6.45, 7) is 0.985. The Labute approximate surface area is 161 Å². The molecule has 1 atom stereocenters. The number of aromatic amines is 1. The van der Waals surface area contributed by atoms with E-state index in [2.05, 4.69) is 10.3 Å². The van der Waals surface area contributed by atoms with E-state index < -0.39 is 5.82 Å². The number of nitrogens with two attached hydrogens (primary N) is 2. The van der Waals surface area contributed by atoms with Crippen molar-refractivity contribution < 1.29 is 9.18 Å². The van der Waals surface area contributed by atoms with Crippen LogP contribution in [0.3, 0.4) is 0 Å². The maximum Gasteiger partial charge on any atom is 0.267 e. The van der Waals surface area contributed by atoms with Gasteiger partial charge in [-0.1, -0.05) is 29.8 Å². The van der Waals surface area contributed by atoms with Gasteiger partial charge in [0, 0.05) is 23.5 Å². The lowest BCUT2D eigenvalue weighted by atomic mass is 10.0. The zero-order chi connectivity index (χ0) is 19.4. The first kappa shape index (κ1) is 19.4. The van der Waals surface area contributed by atoms with Gasteiger partial charge in [0.25, 0.3) is 5.91 Å². The Balaban J connectivity index is 1.75. The van der Waals surface area contributed by atoms with Crippen LogP contribution in [-0.4, -0.2) is 30.0 Å². The van der Waals surface area contributed by atoms with Crippen LogP contribution in [0.5, 0.6) is 0 Å². The van der Waals surface area contributed by atoms with Crippen LogP contribution in [0.25, 0.3) is 22.0 Å². The molecule has 0 radical (unpaired) electrons. The van der Waals surface area contributed by atoms with Gasteiger partial charge in [-0.2, -0.15) is 0 Å². The molecule has 5 nitrogen and oxygen atoms in total. The van der Waals surface area contributed by atoms with Gasteiger partial charge in [0.05, 0.1) is 5.02 Å². The van der Waals surface area contributed by atoms with Crippen LogP contribution in [-0.2, 0) is 0 Å². The zero-order valence-corrected chi connectivity index (χ0v) is 15.5. The van der Waals surface area contributed by atoms with E-state index in [1.807, 2.05) is 18.2 Å². The summed E-state index contributed by atoms with van der Waals surface area (Å²) in [5, 5.41) is 3.81. The van der Waals surface area contributed by atoms with Crippen LogP contribution in [0.1, 0.15) is 23.3 Å². The lowest BCUT2D eigenvalue weighted by Gasteiger charge is -2.11. The quantitative estimate of drug-likeness (QED) is 0.499. The highest BCUT2D eigenvalue weighted by Gasteiger charge is 2.12. The zero-order valence-electron chi connectivity index (χ0n) is 14.8. The highest BCUT2D eigenvalue weighted by molar-refractivity contribution is 6.31. The molecule has 0 saturated heterocycles. The van der Waals surface area contributed by atoms with Gasteiger partial charge in [0.2, 0.25) is 0 Å². The fourth-order valence-electron chi connectivity index (χ4n) is 2.91. The van der Waals surface area contributed by atoms with Gasteiger partial charge >= 0.3 is 0 Å². The minimum atomic E-state index is -0.454. The van der Waals surface area contributed by atoms with Gasteiger partial charge in [-0.05, 0) is 54.8 Å². The van der Waals surface area contributed by atoms with E-state index in [9.17, 15) is 9.18 Å². The van der Waals surface area contributed by atoms with Crippen LogP contribution in [0.2, 0.25) is 5.02 Å². The van der Waals surface area contributed by atoms with Crippen molar-refractivity contribution in [1.29, 1.82) is 0 Å². The Morgan fingerprint density at radius 1 is 1.19 bits per heavy atom. The lowest BCUT2D eigenvalue weighted by Crippen LogP contribution is -2.37. The van der Waals surface area contributed by atoms with Crippen molar-refractivity contribution in [1.82, 2.24) is 10.3 Å². The normalized spacial score (nSPS) is 12.3. The topological polar surface area (TPSA) is 96.9 Å². The number of hydrogen-bond donors (Lipinski definition) is 4. The minimum absolute atomic E-state index is 0.0742. The smallest absolute Gasteiger partial charge is 0.267 e. The molecule has 3 aromatic rings. The Bertz CT molecular complexity index is 956. The predicted octanol–water partition coefficient (Wildman–Crippen LogP) is 3.42. The average Bonchev–Trinajstić information content (AvgIpc) is 3.10. The number of aromatic nitrogens is 1. The van der Waals surface area contributed by atoms with Crippen molar-refractivity contribution in [2.24, 2.45) is 11.5 Å². The summed E-state index contributed by atoms with van der Waals surface area (Å²) < 4.78 is 13.4. The summed E-state index contributed by atoms with van der Waals surface area (Å²) in [6, 6.07) is 12.0. The van der Waals surface area contributed by atoms with Crippen molar-refractivity contribution in [2.75, 3.05) is 13.1 Å². The molecule has 0 fully saturated rings. The first-order valence-corrected chi connectivity index (χ1v) is 9.18. The van der Waals surface area contributed by atoms with E-state index in [1.54, 1.807) is 18.2 Å². The van der Waals surface area contributed by atoms with Gasteiger partial charge in [-0.25, -0.2) is 4.39 Å². The molecule has 0 bridgehead atoms. The summed E-state index contributed by atoms with van der Waals surface area (Å²) in [4.78, 5) is 15.5. The van der Waals surface area contributed by atoms with E-state index in [1.165, 1.54) is 6.07 Å². The molecule has 142 valence electrons. The first-order valence-electron chi connectivity index (χ1n) is 8.80. The number of carbonyl (C=O) groups is 1. The van der Waals surface area contributed by atoms with Crippen LogP contribution in [0, 0.1) is 5.82 Å². The van der Waals surface area contributed by atoms with E-state index in [0.29, 0.717) is 18.8 Å². The van der Waals surface area contributed by atoms with Gasteiger partial charge in [-0.3, -0.25) is 4.79 Å². The third-order valence-corrected chi connectivity index (χ3v) is 4.71. The molecular weight excluding hydrogens is 367 g/mol. The van der Waals surface area contributed by atoms with Gasteiger partial charge in [0.15, 0.2) is 0 Å². The van der Waals surface area contributed by atoms with E-state index in [-0.39, 0.29) is 17.0 Å². The standard InChI is InChI=1S/C20H22ClFN4O/c21-16-8-12(5-6-17(16)22)13-3-4-14-10-19(26-18(14)9-13)20(27)25-11-15(24)2-1-7-23/h3-6,8-10,15,26H,1-2,7,11,23-24H2,(H,25,27). The molecule has 1 unspecified atom stereocenters. The van der Waals surface area contributed by atoms with E-state index in [0.717, 1.165) is 34.9 Å². The molecule has 6 N–H and O–H groups in total. The summed E-state index contributed by atoms with van der Waals surface area (Å²) >= 11 is 5.87. The maximum atomic E-state index is 13.4. The Morgan fingerprint density at radius 2 is 1.93 bits per heavy atom. The average molecular weight is 389 g/mol. The number of fused-ring (bicyclic) bond motifs is 1. The molecule has 0 aliphatic heterocycles. The molecule has 2 aromatic carbocycles. The second-order valence-corrected chi connectivity index (χ2v) is 6.92. The van der Waals surface area contributed by atoms with E-state index in [4.69, 9.17) is 23.1 Å². The highest BCUT2D eigenvalue weighted by Crippen LogP contribution is 2.28. The Morgan fingerprint density at radius 3 is 2.67 bits per heavy atom. The molecule has 27 heavy (non-hydrogen) atoms. The minimum Gasteiger partial charge on any atom is -0.351 e.